The van der Waals surface area contributed by atoms with Crippen LogP contribution in [0.2, 0.25) is 10.0 Å². The highest BCUT2D eigenvalue weighted by Crippen LogP contribution is 2.29. The first-order valence-corrected chi connectivity index (χ1v) is 7.48. The van der Waals surface area contributed by atoms with E-state index in [4.69, 9.17) is 23.2 Å². The number of carbonyl (C=O) groups is 1. The largest absolute Gasteiger partial charge is 0.364 e. The van der Waals surface area contributed by atoms with Gasteiger partial charge >= 0.3 is 0 Å². The molecule has 0 fully saturated rings. The van der Waals surface area contributed by atoms with Gasteiger partial charge in [0.25, 0.3) is 5.91 Å². The minimum Gasteiger partial charge on any atom is -0.364 e. The van der Waals surface area contributed by atoms with Crippen LogP contribution >= 0.6 is 23.2 Å². The number of aromatic amines is 1. The smallest absolute Gasteiger partial charge is 0.259 e. The Bertz CT molecular complexity index is 771. The maximum Gasteiger partial charge on any atom is 0.259 e. The van der Waals surface area contributed by atoms with Crippen molar-refractivity contribution in [3.05, 3.63) is 67.6 Å². The summed E-state index contributed by atoms with van der Waals surface area (Å²) in [5.41, 5.74) is 1.27. The van der Waals surface area contributed by atoms with Crippen LogP contribution < -0.4 is 5.43 Å². The van der Waals surface area contributed by atoms with E-state index in [1.165, 1.54) is 17.2 Å². The summed E-state index contributed by atoms with van der Waals surface area (Å²) in [5.74, 6) is -0.361. The number of hydrogen-bond acceptors (Lipinski definition) is 2. The third-order valence-corrected chi connectivity index (χ3v) is 4.16. The summed E-state index contributed by atoms with van der Waals surface area (Å²) in [7, 11) is 1.64. The molecule has 22 heavy (non-hydrogen) atoms. The van der Waals surface area contributed by atoms with Crippen molar-refractivity contribution in [2.75, 3.05) is 7.05 Å². The van der Waals surface area contributed by atoms with Crippen molar-refractivity contribution < 1.29 is 4.79 Å². The molecule has 0 saturated carbocycles. The highest BCUT2D eigenvalue weighted by molar-refractivity contribution is 6.35. The van der Waals surface area contributed by atoms with Crippen LogP contribution in [0.4, 0.5) is 0 Å². The molecule has 1 amide bonds. The van der Waals surface area contributed by atoms with E-state index < -0.39 is 0 Å². The van der Waals surface area contributed by atoms with Crippen LogP contribution in [0.15, 0.2) is 35.3 Å². The molecule has 1 heterocycles. The first-order valence-electron chi connectivity index (χ1n) is 6.72. The van der Waals surface area contributed by atoms with Gasteiger partial charge in [0.05, 0.1) is 6.04 Å². The van der Waals surface area contributed by atoms with Crippen LogP contribution in [0.3, 0.4) is 0 Å². The molecule has 0 aliphatic heterocycles. The van der Waals surface area contributed by atoms with Gasteiger partial charge in [-0.3, -0.25) is 9.59 Å². The summed E-state index contributed by atoms with van der Waals surface area (Å²) >= 11 is 12.1. The minimum atomic E-state index is -0.361. The van der Waals surface area contributed by atoms with Crippen LogP contribution in [-0.2, 0) is 0 Å². The maximum absolute atomic E-state index is 12.5. The van der Waals surface area contributed by atoms with Crippen molar-refractivity contribution in [2.24, 2.45) is 0 Å². The molecule has 0 aliphatic rings. The van der Waals surface area contributed by atoms with Gasteiger partial charge in [-0.2, -0.15) is 0 Å². The lowest BCUT2D eigenvalue weighted by Crippen LogP contribution is -2.33. The first-order chi connectivity index (χ1) is 10.3. The Morgan fingerprint density at radius 1 is 1.27 bits per heavy atom. The predicted molar refractivity (Wildman–Crippen MR) is 88.8 cm³/mol. The third kappa shape index (κ3) is 3.34. The summed E-state index contributed by atoms with van der Waals surface area (Å²) in [6.45, 7) is 3.60. The fourth-order valence-corrected chi connectivity index (χ4v) is 2.72. The van der Waals surface area contributed by atoms with Crippen LogP contribution in [0.5, 0.6) is 0 Å². The van der Waals surface area contributed by atoms with Crippen molar-refractivity contribution >= 4 is 29.1 Å². The molecule has 1 aromatic carbocycles. The van der Waals surface area contributed by atoms with Gasteiger partial charge < -0.3 is 9.88 Å². The molecule has 0 bridgehead atoms. The molecule has 0 aliphatic carbocycles. The van der Waals surface area contributed by atoms with E-state index in [1.54, 1.807) is 32.2 Å². The molecule has 2 aromatic rings. The molecule has 0 spiro atoms. The summed E-state index contributed by atoms with van der Waals surface area (Å²) in [4.78, 5) is 28.8. The number of halogens is 2. The molecule has 6 heteroatoms. The standard InChI is InChI=1S/C16H16Cl2N2O2/c1-9-6-15(21)13(8-19-9)16(22)20(3)10(2)12-5-4-11(17)7-14(12)18/h4-8,10H,1-3H3,(H,19,21)/t10-/m0/s1. The van der Waals surface area contributed by atoms with Gasteiger partial charge in [-0.1, -0.05) is 29.3 Å². The lowest BCUT2D eigenvalue weighted by molar-refractivity contribution is 0.0741. The lowest BCUT2D eigenvalue weighted by atomic mass is 10.1. The predicted octanol–water partition coefficient (Wildman–Crippen LogP) is 3.82. The number of aryl methyl sites for hydroxylation is 1. The second kappa shape index (κ2) is 6.55. The Balaban J connectivity index is 2.32. The fourth-order valence-electron chi connectivity index (χ4n) is 2.16. The molecular weight excluding hydrogens is 323 g/mol. The van der Waals surface area contributed by atoms with Crippen molar-refractivity contribution in [3.63, 3.8) is 0 Å². The Kier molecular flexibility index (Phi) is 4.94. The Morgan fingerprint density at radius 3 is 2.55 bits per heavy atom. The Hall–Kier alpha value is -1.78. The van der Waals surface area contributed by atoms with E-state index in [-0.39, 0.29) is 22.9 Å². The Labute approximate surface area is 138 Å². The summed E-state index contributed by atoms with van der Waals surface area (Å²) in [5, 5.41) is 1.02. The molecule has 0 unspecified atom stereocenters. The topological polar surface area (TPSA) is 53.2 Å². The maximum atomic E-state index is 12.5. The van der Waals surface area contributed by atoms with Crippen LogP contribution in [0, 0.1) is 6.92 Å². The fraction of sp³-hybridized carbons (Fsp3) is 0.250. The van der Waals surface area contributed by atoms with Gasteiger partial charge in [0.1, 0.15) is 5.56 Å². The molecule has 1 atom stereocenters. The van der Waals surface area contributed by atoms with Crippen LogP contribution in [0.1, 0.15) is 34.6 Å². The molecule has 1 aromatic heterocycles. The zero-order chi connectivity index (χ0) is 16.4. The van der Waals surface area contributed by atoms with Crippen molar-refractivity contribution in [3.8, 4) is 0 Å². The van der Waals surface area contributed by atoms with Gasteiger partial charge in [0, 0.05) is 35.1 Å². The van der Waals surface area contributed by atoms with Crippen LogP contribution in [0.25, 0.3) is 0 Å². The molecule has 0 saturated heterocycles. The second-order valence-corrected chi connectivity index (χ2v) is 6.00. The average molecular weight is 339 g/mol. The summed E-state index contributed by atoms with van der Waals surface area (Å²) in [6, 6.07) is 6.24. The van der Waals surface area contributed by atoms with Crippen LogP contribution in [-0.4, -0.2) is 22.8 Å². The second-order valence-electron chi connectivity index (χ2n) is 5.15. The van der Waals surface area contributed by atoms with Gasteiger partial charge in [-0.25, -0.2) is 0 Å². The van der Waals surface area contributed by atoms with E-state index in [1.807, 2.05) is 6.92 Å². The molecule has 116 valence electrons. The summed E-state index contributed by atoms with van der Waals surface area (Å²) in [6.07, 6.45) is 1.44. The highest BCUT2D eigenvalue weighted by atomic mass is 35.5. The lowest BCUT2D eigenvalue weighted by Gasteiger charge is -2.26. The molecule has 0 radical (unpaired) electrons. The van der Waals surface area contributed by atoms with Gasteiger partial charge in [0.15, 0.2) is 5.43 Å². The van der Waals surface area contributed by atoms with Crippen molar-refractivity contribution in [1.29, 1.82) is 0 Å². The average Bonchev–Trinajstić information content (AvgIpc) is 2.45. The zero-order valence-electron chi connectivity index (χ0n) is 12.5. The summed E-state index contributed by atoms with van der Waals surface area (Å²) < 4.78 is 0. The van der Waals surface area contributed by atoms with E-state index in [2.05, 4.69) is 4.98 Å². The van der Waals surface area contributed by atoms with E-state index in [0.29, 0.717) is 15.7 Å². The van der Waals surface area contributed by atoms with Gasteiger partial charge in [-0.05, 0) is 31.5 Å². The number of pyridine rings is 1. The monoisotopic (exact) mass is 338 g/mol. The molecule has 2 rings (SSSR count). The molecular formula is C16H16Cl2N2O2. The van der Waals surface area contributed by atoms with E-state index in [0.717, 1.165) is 5.56 Å². The van der Waals surface area contributed by atoms with E-state index in [9.17, 15) is 9.59 Å². The quantitative estimate of drug-likeness (QED) is 0.924. The number of hydrogen-bond donors (Lipinski definition) is 1. The number of aromatic nitrogens is 1. The number of H-pyrrole nitrogens is 1. The molecule has 4 nitrogen and oxygen atoms in total. The number of carbonyl (C=O) groups excluding carboxylic acids is 1. The highest BCUT2D eigenvalue weighted by Gasteiger charge is 2.22. The normalized spacial score (nSPS) is 12.0. The SMILES string of the molecule is Cc1cc(=O)c(C(=O)N(C)[C@@H](C)c2ccc(Cl)cc2Cl)c[nH]1. The zero-order valence-corrected chi connectivity index (χ0v) is 14.0. The minimum absolute atomic E-state index is 0.102. The Morgan fingerprint density at radius 2 is 1.95 bits per heavy atom. The number of nitrogens with one attached hydrogen (secondary N) is 1. The number of amides is 1. The third-order valence-electron chi connectivity index (χ3n) is 3.60. The number of rotatable bonds is 3. The molecule has 1 N–H and O–H groups in total. The van der Waals surface area contributed by atoms with E-state index >= 15 is 0 Å². The number of benzene rings is 1. The number of nitrogens with zero attached hydrogens (tertiary/aromatic N) is 1. The first kappa shape index (κ1) is 16.6. The van der Waals surface area contributed by atoms with Crippen molar-refractivity contribution in [2.45, 2.75) is 19.9 Å². The van der Waals surface area contributed by atoms with Gasteiger partial charge in [0.2, 0.25) is 0 Å². The van der Waals surface area contributed by atoms with Gasteiger partial charge in [-0.15, -0.1) is 0 Å². The van der Waals surface area contributed by atoms with Crippen molar-refractivity contribution in [1.82, 2.24) is 9.88 Å².